The van der Waals surface area contributed by atoms with Crippen molar-refractivity contribution < 1.29 is 4.79 Å². The normalized spacial score (nSPS) is 11.9. The van der Waals surface area contributed by atoms with Crippen LogP contribution in [0.3, 0.4) is 0 Å². The van der Waals surface area contributed by atoms with E-state index < -0.39 is 0 Å². The quantitative estimate of drug-likeness (QED) is 0.381. The zero-order valence-electron chi connectivity index (χ0n) is 13.6. The van der Waals surface area contributed by atoms with Gasteiger partial charge >= 0.3 is 0 Å². The van der Waals surface area contributed by atoms with Crippen LogP contribution in [-0.4, -0.2) is 15.8 Å². The minimum Gasteiger partial charge on any atom is -0.293 e. The van der Waals surface area contributed by atoms with Crippen LogP contribution in [0.15, 0.2) is 72.1 Å². The summed E-state index contributed by atoms with van der Waals surface area (Å²) in [4.78, 5) is 21.6. The maximum absolute atomic E-state index is 13.1. The third-order valence-electron chi connectivity index (χ3n) is 3.72. The number of rotatable bonds is 5. The van der Waals surface area contributed by atoms with E-state index in [1.807, 2.05) is 62.4 Å². The Hall–Kier alpha value is -2.46. The molecule has 0 fully saturated rings. The maximum Gasteiger partial charge on any atom is 0.188 e. The lowest BCUT2D eigenvalue weighted by molar-refractivity contribution is 0.0989. The van der Waals surface area contributed by atoms with Crippen LogP contribution in [0.25, 0.3) is 0 Å². The molecular formula is C20H18N2OS. The topological polar surface area (TPSA) is 42.9 Å². The molecule has 0 aliphatic carbocycles. The second-order valence-corrected chi connectivity index (χ2v) is 6.74. The number of carbonyl (C=O) groups excluding carboxylic acids is 1. The Balaban J connectivity index is 1.96. The number of hydrogen-bond acceptors (Lipinski definition) is 4. The SMILES string of the molecule is Cc1ccc(C(=O)[C@@H](Sc2ncccn2)c2ccc(C)cc2)cc1. The molecule has 0 saturated carbocycles. The lowest BCUT2D eigenvalue weighted by Gasteiger charge is -2.15. The molecule has 0 spiro atoms. The van der Waals surface area contributed by atoms with Crippen molar-refractivity contribution in [3.63, 3.8) is 0 Å². The average molecular weight is 334 g/mol. The van der Waals surface area contributed by atoms with E-state index in [0.29, 0.717) is 10.7 Å². The van der Waals surface area contributed by atoms with Gasteiger partial charge in [-0.15, -0.1) is 0 Å². The number of thioether (sulfide) groups is 1. The van der Waals surface area contributed by atoms with Crippen molar-refractivity contribution in [1.82, 2.24) is 9.97 Å². The van der Waals surface area contributed by atoms with Crippen molar-refractivity contribution in [2.45, 2.75) is 24.3 Å². The minimum atomic E-state index is -0.365. The van der Waals surface area contributed by atoms with Crippen LogP contribution < -0.4 is 0 Å². The molecule has 24 heavy (non-hydrogen) atoms. The molecule has 3 rings (SSSR count). The van der Waals surface area contributed by atoms with Gasteiger partial charge in [-0.2, -0.15) is 0 Å². The lowest BCUT2D eigenvalue weighted by Crippen LogP contribution is -2.10. The monoisotopic (exact) mass is 334 g/mol. The smallest absolute Gasteiger partial charge is 0.188 e. The number of ketones is 1. The number of benzene rings is 2. The number of carbonyl (C=O) groups is 1. The van der Waals surface area contributed by atoms with Crippen LogP contribution in [0, 0.1) is 13.8 Å². The minimum absolute atomic E-state index is 0.0660. The van der Waals surface area contributed by atoms with Crippen molar-refractivity contribution in [1.29, 1.82) is 0 Å². The average Bonchev–Trinajstić information content (AvgIpc) is 2.62. The summed E-state index contributed by atoms with van der Waals surface area (Å²) in [5.74, 6) is 0.0660. The number of aromatic nitrogens is 2. The predicted octanol–water partition coefficient (Wildman–Crippen LogP) is 4.81. The number of aryl methyl sites for hydroxylation is 2. The molecule has 0 saturated heterocycles. The highest BCUT2D eigenvalue weighted by atomic mass is 32.2. The van der Waals surface area contributed by atoms with Crippen LogP contribution in [-0.2, 0) is 0 Å². The number of Topliss-reactive ketones (excluding diaryl/α,β-unsaturated/α-hetero) is 1. The third-order valence-corrected chi connectivity index (χ3v) is 4.86. The molecular weight excluding hydrogens is 316 g/mol. The molecule has 3 nitrogen and oxygen atoms in total. The fraction of sp³-hybridized carbons (Fsp3) is 0.150. The lowest BCUT2D eigenvalue weighted by atomic mass is 10.0. The molecule has 2 aromatic carbocycles. The first-order valence-corrected chi connectivity index (χ1v) is 8.62. The van der Waals surface area contributed by atoms with Crippen molar-refractivity contribution in [3.8, 4) is 0 Å². The van der Waals surface area contributed by atoms with Gasteiger partial charge < -0.3 is 0 Å². The third kappa shape index (κ3) is 3.89. The molecule has 0 unspecified atom stereocenters. The summed E-state index contributed by atoms with van der Waals surface area (Å²) in [6.45, 7) is 4.05. The Bertz CT molecular complexity index is 815. The van der Waals surface area contributed by atoms with Gasteiger partial charge in [-0.25, -0.2) is 9.97 Å². The molecule has 3 aromatic rings. The maximum atomic E-state index is 13.1. The van der Waals surface area contributed by atoms with Crippen LogP contribution >= 0.6 is 11.8 Å². The summed E-state index contributed by atoms with van der Waals surface area (Å²) >= 11 is 1.38. The molecule has 1 heterocycles. The Kier molecular flexibility index (Phi) is 5.06. The summed E-state index contributed by atoms with van der Waals surface area (Å²) in [6.07, 6.45) is 3.38. The number of nitrogens with zero attached hydrogens (tertiary/aromatic N) is 2. The Morgan fingerprint density at radius 1 is 0.875 bits per heavy atom. The van der Waals surface area contributed by atoms with Crippen LogP contribution in [0.5, 0.6) is 0 Å². The van der Waals surface area contributed by atoms with Gasteiger partial charge in [-0.05, 0) is 25.5 Å². The van der Waals surface area contributed by atoms with Crippen LogP contribution in [0.4, 0.5) is 0 Å². The highest BCUT2D eigenvalue weighted by molar-refractivity contribution is 8.00. The molecule has 0 radical (unpaired) electrons. The van der Waals surface area contributed by atoms with Crippen molar-refractivity contribution in [2.75, 3.05) is 0 Å². The van der Waals surface area contributed by atoms with E-state index in [1.165, 1.54) is 17.3 Å². The largest absolute Gasteiger partial charge is 0.293 e. The standard InChI is InChI=1S/C20H18N2OS/c1-14-4-8-16(9-5-14)18(23)19(17-10-6-15(2)7-11-17)24-20-21-12-3-13-22-20/h3-13,19H,1-2H3/t19-/m0/s1. The van der Waals surface area contributed by atoms with Crippen molar-refractivity contribution in [2.24, 2.45) is 0 Å². The first kappa shape index (κ1) is 16.4. The first-order valence-electron chi connectivity index (χ1n) is 7.74. The van der Waals surface area contributed by atoms with E-state index in [9.17, 15) is 4.79 Å². The van der Waals surface area contributed by atoms with E-state index in [4.69, 9.17) is 0 Å². The van der Waals surface area contributed by atoms with E-state index in [2.05, 4.69) is 9.97 Å². The van der Waals surface area contributed by atoms with Crippen LogP contribution in [0.2, 0.25) is 0 Å². The molecule has 0 N–H and O–H groups in total. The van der Waals surface area contributed by atoms with Gasteiger partial charge in [0.1, 0.15) is 5.25 Å². The Morgan fingerprint density at radius 3 is 2.00 bits per heavy atom. The van der Waals surface area contributed by atoms with Gasteiger partial charge in [-0.1, -0.05) is 71.4 Å². The Morgan fingerprint density at radius 2 is 1.42 bits per heavy atom. The van der Waals surface area contributed by atoms with Gasteiger partial charge in [0.25, 0.3) is 0 Å². The molecule has 0 aliphatic heterocycles. The van der Waals surface area contributed by atoms with E-state index >= 15 is 0 Å². The van der Waals surface area contributed by atoms with Crippen LogP contribution in [0.1, 0.15) is 32.3 Å². The second kappa shape index (κ2) is 7.41. The highest BCUT2D eigenvalue weighted by Crippen LogP contribution is 2.36. The first-order chi connectivity index (χ1) is 11.6. The summed E-state index contributed by atoms with van der Waals surface area (Å²) in [5.41, 5.74) is 3.97. The van der Waals surface area contributed by atoms with Gasteiger partial charge in [0.15, 0.2) is 10.9 Å². The van der Waals surface area contributed by atoms with E-state index in [-0.39, 0.29) is 11.0 Å². The highest BCUT2D eigenvalue weighted by Gasteiger charge is 2.24. The molecule has 4 heteroatoms. The van der Waals surface area contributed by atoms with Gasteiger partial charge in [-0.3, -0.25) is 4.79 Å². The molecule has 1 aromatic heterocycles. The molecule has 120 valence electrons. The summed E-state index contributed by atoms with van der Waals surface area (Å²) in [6, 6.07) is 17.5. The summed E-state index contributed by atoms with van der Waals surface area (Å²) in [5, 5.41) is 0.235. The zero-order chi connectivity index (χ0) is 16.9. The second-order valence-electron chi connectivity index (χ2n) is 5.67. The Labute approximate surface area is 146 Å². The van der Waals surface area contributed by atoms with Crippen molar-refractivity contribution in [3.05, 3.63) is 89.2 Å². The molecule has 0 aliphatic rings. The predicted molar refractivity (Wildman–Crippen MR) is 97.3 cm³/mol. The zero-order valence-corrected chi connectivity index (χ0v) is 14.5. The van der Waals surface area contributed by atoms with E-state index in [0.717, 1.165) is 11.1 Å². The van der Waals surface area contributed by atoms with Gasteiger partial charge in [0, 0.05) is 18.0 Å². The van der Waals surface area contributed by atoms with Gasteiger partial charge in [0.05, 0.1) is 0 Å². The van der Waals surface area contributed by atoms with Crippen molar-refractivity contribution >= 4 is 17.5 Å². The molecule has 0 amide bonds. The van der Waals surface area contributed by atoms with E-state index in [1.54, 1.807) is 18.5 Å². The fourth-order valence-corrected chi connectivity index (χ4v) is 3.33. The fourth-order valence-electron chi connectivity index (χ4n) is 2.34. The summed E-state index contributed by atoms with van der Waals surface area (Å²) in [7, 11) is 0. The molecule has 1 atom stereocenters. The summed E-state index contributed by atoms with van der Waals surface area (Å²) < 4.78 is 0. The molecule has 0 bridgehead atoms. The van der Waals surface area contributed by atoms with Gasteiger partial charge in [0.2, 0.25) is 0 Å². The number of hydrogen-bond donors (Lipinski definition) is 0.